The lowest BCUT2D eigenvalue weighted by atomic mass is 10.3. The molecule has 0 fully saturated rings. The number of nitrogens with one attached hydrogen (secondary N) is 3. The molecule has 1 aromatic carbocycles. The molecule has 2 unspecified atom stereocenters. The number of hydrogen-bond donors (Lipinski definition) is 3. The molecule has 7 atom stereocenters. The number of carbonyl (C=O) groups excluding carboxylic acids is 2. The fourth-order valence-electron chi connectivity index (χ4n) is 3.64. The molecule has 0 radical (unpaired) electrons. The fraction of sp³-hybridized carbons (Fsp3) is 0.571. The predicted molar refractivity (Wildman–Crippen MR) is 169 cm³/mol. The molecule has 1 heterocycles. The molecule has 2 rings (SSSR count). The number of nitrogens with zero attached hydrogens (tertiary/aromatic N) is 1. The Hall–Kier alpha value is -3.17. The van der Waals surface area contributed by atoms with E-state index in [-0.39, 0.29) is 11.3 Å². The molecule has 47 heavy (non-hydrogen) atoms. The van der Waals surface area contributed by atoms with Crippen molar-refractivity contribution in [2.24, 2.45) is 0 Å². The van der Waals surface area contributed by atoms with Gasteiger partial charge in [-0.3, -0.25) is 28.5 Å². The van der Waals surface area contributed by atoms with E-state index < -0.39 is 88.7 Å². The van der Waals surface area contributed by atoms with Crippen LogP contribution in [0.5, 0.6) is 5.75 Å². The summed E-state index contributed by atoms with van der Waals surface area (Å²) in [5.41, 5.74) is -1.38. The highest BCUT2D eigenvalue weighted by atomic mass is 31.2. The van der Waals surface area contributed by atoms with Gasteiger partial charge in [-0.05, 0) is 67.5 Å². The van der Waals surface area contributed by atoms with Crippen molar-refractivity contribution >= 4 is 27.9 Å². The molecular weight excluding hydrogens is 665 g/mol. The maximum absolute atomic E-state index is 16.1. The van der Waals surface area contributed by atoms with Gasteiger partial charge in [0.05, 0.1) is 18.8 Å². The first kappa shape index (κ1) is 40.0. The number of carbonyl (C=O) groups is 2. The van der Waals surface area contributed by atoms with Crippen molar-refractivity contribution in [1.29, 1.82) is 0 Å². The fourth-order valence-corrected chi connectivity index (χ4v) is 6.05. The first-order valence-corrected chi connectivity index (χ1v) is 17.5. The first-order valence-electron chi connectivity index (χ1n) is 14.7. The number of rotatable bonds is 19. The summed E-state index contributed by atoms with van der Waals surface area (Å²) in [4.78, 5) is 51.0. The van der Waals surface area contributed by atoms with Gasteiger partial charge in [-0.1, -0.05) is 18.2 Å². The van der Waals surface area contributed by atoms with Crippen molar-refractivity contribution in [3.8, 4) is 5.75 Å². The van der Waals surface area contributed by atoms with Gasteiger partial charge in [-0.25, -0.2) is 23.4 Å². The lowest BCUT2D eigenvalue weighted by Crippen LogP contribution is -2.41. The van der Waals surface area contributed by atoms with Crippen LogP contribution >= 0.6 is 15.9 Å². The van der Waals surface area contributed by atoms with E-state index in [2.05, 4.69) is 15.2 Å². The summed E-state index contributed by atoms with van der Waals surface area (Å²) in [5.74, 6) is -1.55. The van der Waals surface area contributed by atoms with Gasteiger partial charge < -0.3 is 23.3 Å². The minimum atomic E-state index is -4.76. The summed E-state index contributed by atoms with van der Waals surface area (Å²) in [5, 5.41) is 4.76. The second-order valence-electron chi connectivity index (χ2n) is 10.9. The van der Waals surface area contributed by atoms with E-state index in [0.717, 1.165) is 4.57 Å². The minimum Gasteiger partial charge on any atom is -0.462 e. The van der Waals surface area contributed by atoms with Crippen LogP contribution in [0.15, 0.2) is 46.1 Å². The summed E-state index contributed by atoms with van der Waals surface area (Å²) < 4.78 is 75.5. The molecule has 0 saturated heterocycles. The predicted octanol–water partition coefficient (Wildman–Crippen LogP) is 3.51. The van der Waals surface area contributed by atoms with Crippen molar-refractivity contribution in [1.82, 2.24) is 19.7 Å². The molecule has 1 aromatic heterocycles. The highest BCUT2D eigenvalue weighted by molar-refractivity contribution is 7.52. The molecule has 3 N–H and O–H groups in total. The van der Waals surface area contributed by atoms with Crippen LogP contribution in [0.4, 0.5) is 4.39 Å². The van der Waals surface area contributed by atoms with Crippen molar-refractivity contribution in [3.63, 3.8) is 0 Å². The molecule has 0 bridgehead atoms. The number of aromatic amines is 1. The van der Waals surface area contributed by atoms with Crippen LogP contribution in [0.1, 0.15) is 60.3 Å². The van der Waals surface area contributed by atoms with E-state index in [1.54, 1.807) is 45.9 Å². The monoisotopic (exact) mass is 708 g/mol. The third-order valence-electron chi connectivity index (χ3n) is 5.89. The third kappa shape index (κ3) is 13.5. The van der Waals surface area contributed by atoms with Gasteiger partial charge in [-0.2, -0.15) is 5.09 Å². The largest absolute Gasteiger partial charge is 0.462 e. The molecule has 0 aliphatic heterocycles. The van der Waals surface area contributed by atoms with E-state index in [1.165, 1.54) is 46.0 Å². The zero-order chi connectivity index (χ0) is 35.5. The Balaban J connectivity index is 2.37. The van der Waals surface area contributed by atoms with Crippen LogP contribution < -0.4 is 25.9 Å². The van der Waals surface area contributed by atoms with Crippen LogP contribution in [0.3, 0.4) is 0 Å². The molecule has 0 spiro atoms. The van der Waals surface area contributed by atoms with Crippen LogP contribution in [-0.4, -0.2) is 64.8 Å². The van der Waals surface area contributed by atoms with Crippen molar-refractivity contribution in [3.05, 3.63) is 62.9 Å². The maximum atomic E-state index is 16.1. The smallest absolute Gasteiger partial charge is 0.462 e. The van der Waals surface area contributed by atoms with E-state index in [0.29, 0.717) is 0 Å². The molecule has 16 nitrogen and oxygen atoms in total. The van der Waals surface area contributed by atoms with Crippen LogP contribution in [-0.2, 0) is 42.0 Å². The van der Waals surface area contributed by atoms with Gasteiger partial charge in [0, 0.05) is 11.8 Å². The Bertz CT molecular complexity index is 1520. The molecule has 264 valence electrons. The van der Waals surface area contributed by atoms with Crippen molar-refractivity contribution in [2.75, 3.05) is 6.61 Å². The second-order valence-corrected chi connectivity index (χ2v) is 13.7. The summed E-state index contributed by atoms with van der Waals surface area (Å²) in [6.45, 7) is 11.1. The van der Waals surface area contributed by atoms with Gasteiger partial charge in [0.2, 0.25) is 6.36 Å². The number of halogens is 1. The molecule has 0 aliphatic rings. The Labute approximate surface area is 272 Å². The summed E-state index contributed by atoms with van der Waals surface area (Å²) >= 11 is 0. The highest BCUT2D eigenvalue weighted by Crippen LogP contribution is 2.47. The lowest BCUT2D eigenvalue weighted by Gasteiger charge is -2.29. The average molecular weight is 709 g/mol. The van der Waals surface area contributed by atoms with Gasteiger partial charge in [-0.15, -0.1) is 0 Å². The number of benzene rings is 1. The lowest BCUT2D eigenvalue weighted by molar-refractivity contribution is -0.150. The number of alkyl halides is 1. The number of aryl methyl sites for hydroxylation is 1. The number of H-pyrrole nitrogens is 1. The molecular formula is C28H43FN4O12P2. The van der Waals surface area contributed by atoms with Crippen molar-refractivity contribution < 1.29 is 50.9 Å². The average Bonchev–Trinajstić information content (AvgIpc) is 2.96. The topological polar surface area (TPSA) is 203 Å². The van der Waals surface area contributed by atoms with Crippen molar-refractivity contribution in [2.45, 2.75) is 98.4 Å². The molecule has 19 heteroatoms. The van der Waals surface area contributed by atoms with Gasteiger partial charge >= 0.3 is 25.4 Å². The Morgan fingerprint density at radius 1 is 0.979 bits per heavy atom. The van der Waals surface area contributed by atoms with Crippen LogP contribution in [0.2, 0.25) is 0 Å². The quantitative estimate of drug-likeness (QED) is 0.141. The zero-order valence-electron chi connectivity index (χ0n) is 27.4. The number of ether oxygens (including phenoxy) is 3. The minimum absolute atomic E-state index is 0.00570. The van der Waals surface area contributed by atoms with E-state index >= 15 is 4.39 Å². The Morgan fingerprint density at radius 3 is 2.13 bits per heavy atom. The molecule has 0 aliphatic carbocycles. The SMILES string of the molecule is Cc1cn([C@H](C)O[C@@H](CO[PH](=O)N[C@@H](C)C(=O)OC(C)C)[C@@H](F)OP(=O)(N[C@@H](C)C(=O)OC(C)C)Oc2ccccc2)c(=O)[nH]c1=O. The third-order valence-corrected chi connectivity index (χ3v) is 8.62. The summed E-state index contributed by atoms with van der Waals surface area (Å²) in [6, 6.07) is 5.22. The van der Waals surface area contributed by atoms with Gasteiger partial charge in [0.25, 0.3) is 13.7 Å². The highest BCUT2D eigenvalue weighted by Gasteiger charge is 2.39. The summed E-state index contributed by atoms with van der Waals surface area (Å²) in [7, 11) is -8.01. The van der Waals surface area contributed by atoms with E-state index in [4.69, 9.17) is 27.8 Å². The molecule has 0 saturated carbocycles. The zero-order valence-corrected chi connectivity index (χ0v) is 29.3. The van der Waals surface area contributed by atoms with E-state index in [1.807, 2.05) is 0 Å². The second kappa shape index (κ2) is 18.4. The van der Waals surface area contributed by atoms with Gasteiger partial charge in [0.15, 0.2) is 0 Å². The normalized spacial score (nSPS) is 16.8. The van der Waals surface area contributed by atoms with E-state index in [9.17, 15) is 28.3 Å². The first-order chi connectivity index (χ1) is 21.9. The maximum Gasteiger partial charge on any atom is 0.462 e. The van der Waals surface area contributed by atoms with Crippen LogP contribution in [0.25, 0.3) is 0 Å². The number of aromatic nitrogens is 2. The number of esters is 2. The standard InChI is InChI=1S/C28H43FN4O12P2/c1-16(2)41-26(35)19(6)31-46(38)40-15-23(43-21(8)33-14-18(5)25(34)30-28(33)37)24(29)45-47(39,44-22-12-10-9-11-13-22)32-20(7)27(36)42-17(3)4/h9-14,16-17,19-21,23-24,46H,15H2,1-8H3,(H,31,38)(H,32,39)(H,30,34,37)/t19-,20-,21-,23-,24-,47?/m0/s1. The van der Waals surface area contributed by atoms with Gasteiger partial charge in [0.1, 0.15) is 30.2 Å². The summed E-state index contributed by atoms with van der Waals surface area (Å²) in [6.07, 6.45) is -5.59. The van der Waals surface area contributed by atoms with Crippen LogP contribution in [0, 0.1) is 6.92 Å². The molecule has 2 aromatic rings. The number of para-hydroxylation sites is 1. The number of hydrogen-bond acceptors (Lipinski definition) is 12. The Kier molecular flexibility index (Phi) is 15.7. The molecule has 0 amide bonds. The Morgan fingerprint density at radius 2 is 1.55 bits per heavy atom.